The topological polar surface area (TPSA) is 82.8 Å². The molecular formula is C11H8BrN3O2S2. The number of hydrogen-bond acceptors (Lipinski definition) is 5. The maximum absolute atomic E-state index is 12.1. The average molecular weight is 358 g/mol. The van der Waals surface area contributed by atoms with Crippen molar-refractivity contribution in [1.82, 2.24) is 4.98 Å². The van der Waals surface area contributed by atoms with Crippen molar-refractivity contribution < 1.29 is 8.42 Å². The van der Waals surface area contributed by atoms with Gasteiger partial charge in [0.15, 0.2) is 0 Å². The summed E-state index contributed by atoms with van der Waals surface area (Å²) in [6, 6.07) is 8.06. The largest absolute Gasteiger partial charge is 0.272 e. The number of nitrogens with zero attached hydrogens (tertiary/aromatic N) is 2. The van der Waals surface area contributed by atoms with E-state index < -0.39 is 10.0 Å². The molecule has 0 unspecified atom stereocenters. The Balaban J connectivity index is 2.31. The number of rotatable bonds is 3. The highest BCUT2D eigenvalue weighted by atomic mass is 79.9. The van der Waals surface area contributed by atoms with E-state index >= 15 is 0 Å². The number of hydrogen-bond donors (Lipinski definition) is 1. The molecule has 0 saturated carbocycles. The van der Waals surface area contributed by atoms with Crippen molar-refractivity contribution in [2.45, 2.75) is 11.1 Å². The fourth-order valence-corrected chi connectivity index (χ4v) is 3.64. The molecule has 0 bridgehead atoms. The quantitative estimate of drug-likeness (QED) is 0.915. The molecule has 2 heterocycles. The standard InChI is InChI=1S/C11H8BrN3O2S2/c1-7-9(12)3-4-10(14-7)15-19(16,17)11-5-2-8(6-13)18-11/h2-5H,1H3,(H,14,15). The van der Waals surface area contributed by atoms with Gasteiger partial charge in [-0.05, 0) is 47.1 Å². The van der Waals surface area contributed by atoms with Crippen LogP contribution in [0.5, 0.6) is 0 Å². The van der Waals surface area contributed by atoms with Gasteiger partial charge in [-0.3, -0.25) is 4.72 Å². The number of aromatic nitrogens is 1. The van der Waals surface area contributed by atoms with Crippen LogP contribution in [0.2, 0.25) is 0 Å². The lowest BCUT2D eigenvalue weighted by atomic mass is 10.4. The van der Waals surface area contributed by atoms with Gasteiger partial charge in [0.05, 0.1) is 5.69 Å². The lowest BCUT2D eigenvalue weighted by Gasteiger charge is -2.06. The molecule has 0 atom stereocenters. The summed E-state index contributed by atoms with van der Waals surface area (Å²) >= 11 is 4.21. The molecular weight excluding hydrogens is 350 g/mol. The molecule has 19 heavy (non-hydrogen) atoms. The maximum Gasteiger partial charge on any atom is 0.272 e. The van der Waals surface area contributed by atoms with Gasteiger partial charge in [0, 0.05) is 4.47 Å². The third kappa shape index (κ3) is 3.12. The van der Waals surface area contributed by atoms with E-state index in [2.05, 4.69) is 25.6 Å². The number of thiophene rings is 1. The van der Waals surface area contributed by atoms with Gasteiger partial charge >= 0.3 is 0 Å². The van der Waals surface area contributed by atoms with Crippen molar-refractivity contribution in [2.24, 2.45) is 0 Å². The molecule has 0 aromatic carbocycles. The summed E-state index contributed by atoms with van der Waals surface area (Å²) in [4.78, 5) is 4.46. The fraction of sp³-hybridized carbons (Fsp3) is 0.0909. The average Bonchev–Trinajstić information content (AvgIpc) is 2.83. The van der Waals surface area contributed by atoms with E-state index in [1.165, 1.54) is 12.1 Å². The van der Waals surface area contributed by atoms with Crippen molar-refractivity contribution in [1.29, 1.82) is 5.26 Å². The molecule has 0 radical (unpaired) electrons. The first-order valence-electron chi connectivity index (χ1n) is 5.08. The number of sulfonamides is 1. The molecule has 8 heteroatoms. The monoisotopic (exact) mass is 357 g/mol. The van der Waals surface area contributed by atoms with E-state index in [0.717, 1.165) is 15.8 Å². The molecule has 0 amide bonds. The summed E-state index contributed by atoms with van der Waals surface area (Å²) in [5.41, 5.74) is 0.684. The summed E-state index contributed by atoms with van der Waals surface area (Å²) in [6.45, 7) is 1.76. The van der Waals surface area contributed by atoms with Crippen LogP contribution < -0.4 is 4.72 Å². The Bertz CT molecular complexity index is 762. The number of nitriles is 1. The Kier molecular flexibility index (Phi) is 3.89. The van der Waals surface area contributed by atoms with E-state index in [1.54, 1.807) is 19.1 Å². The van der Waals surface area contributed by atoms with Crippen molar-refractivity contribution >= 4 is 43.1 Å². The third-order valence-electron chi connectivity index (χ3n) is 2.22. The molecule has 5 nitrogen and oxygen atoms in total. The lowest BCUT2D eigenvalue weighted by Crippen LogP contribution is -2.12. The number of pyridine rings is 1. The highest BCUT2D eigenvalue weighted by Crippen LogP contribution is 2.24. The van der Waals surface area contributed by atoms with Crippen molar-refractivity contribution in [2.75, 3.05) is 4.72 Å². The Hall–Kier alpha value is -1.43. The third-order valence-corrected chi connectivity index (χ3v) is 5.89. The first kappa shape index (κ1) is 14.0. The Labute approximate surface area is 123 Å². The van der Waals surface area contributed by atoms with Crippen molar-refractivity contribution in [3.63, 3.8) is 0 Å². The van der Waals surface area contributed by atoms with Crippen LogP contribution >= 0.6 is 27.3 Å². The first-order chi connectivity index (χ1) is 8.92. The van der Waals surface area contributed by atoms with Gasteiger partial charge in [0.1, 0.15) is 21.0 Å². The van der Waals surface area contributed by atoms with Gasteiger partial charge in [-0.2, -0.15) is 5.26 Å². The molecule has 0 saturated heterocycles. The second-order valence-electron chi connectivity index (χ2n) is 3.60. The van der Waals surface area contributed by atoms with Crippen LogP contribution in [0.3, 0.4) is 0 Å². The van der Waals surface area contributed by atoms with Gasteiger partial charge in [-0.25, -0.2) is 13.4 Å². The van der Waals surface area contributed by atoms with Crippen LogP contribution in [-0.2, 0) is 10.0 Å². The fourth-order valence-electron chi connectivity index (χ4n) is 1.31. The Morgan fingerprint density at radius 3 is 2.68 bits per heavy atom. The van der Waals surface area contributed by atoms with E-state index in [1.807, 2.05) is 6.07 Å². The highest BCUT2D eigenvalue weighted by Gasteiger charge is 2.17. The SMILES string of the molecule is Cc1nc(NS(=O)(=O)c2ccc(C#N)s2)ccc1Br. The zero-order valence-electron chi connectivity index (χ0n) is 9.71. The molecule has 2 aromatic heterocycles. The number of aryl methyl sites for hydroxylation is 1. The van der Waals surface area contributed by atoms with Crippen LogP contribution in [-0.4, -0.2) is 13.4 Å². The predicted octanol–water partition coefficient (Wildman–Crippen LogP) is 2.89. The van der Waals surface area contributed by atoms with Gasteiger partial charge < -0.3 is 0 Å². The van der Waals surface area contributed by atoms with E-state index in [4.69, 9.17) is 5.26 Å². The minimum atomic E-state index is -3.69. The predicted molar refractivity (Wildman–Crippen MR) is 76.5 cm³/mol. The maximum atomic E-state index is 12.1. The van der Waals surface area contributed by atoms with Gasteiger partial charge in [-0.1, -0.05) is 0 Å². The second-order valence-corrected chi connectivity index (χ2v) is 7.45. The van der Waals surface area contributed by atoms with E-state index in [0.29, 0.717) is 10.6 Å². The highest BCUT2D eigenvalue weighted by molar-refractivity contribution is 9.10. The Morgan fingerprint density at radius 1 is 1.37 bits per heavy atom. The second kappa shape index (κ2) is 5.28. The zero-order chi connectivity index (χ0) is 14.0. The molecule has 0 aliphatic carbocycles. The summed E-state index contributed by atoms with van der Waals surface area (Å²) in [7, 11) is -3.69. The first-order valence-corrected chi connectivity index (χ1v) is 8.17. The normalized spacial score (nSPS) is 11.0. The van der Waals surface area contributed by atoms with Gasteiger partial charge in [-0.15, -0.1) is 11.3 Å². The smallest absolute Gasteiger partial charge is 0.263 e. The van der Waals surface area contributed by atoms with Crippen LogP contribution in [0, 0.1) is 18.3 Å². The van der Waals surface area contributed by atoms with Crippen LogP contribution in [0.25, 0.3) is 0 Å². The Morgan fingerprint density at radius 2 is 2.11 bits per heavy atom. The minimum Gasteiger partial charge on any atom is -0.263 e. The van der Waals surface area contributed by atoms with Crippen LogP contribution in [0.15, 0.2) is 32.9 Å². The molecule has 0 fully saturated rings. The zero-order valence-corrected chi connectivity index (χ0v) is 12.9. The summed E-state index contributed by atoms with van der Waals surface area (Å²) in [6.07, 6.45) is 0. The van der Waals surface area contributed by atoms with Gasteiger partial charge in [0.2, 0.25) is 0 Å². The number of nitrogens with one attached hydrogen (secondary N) is 1. The molecule has 2 rings (SSSR count). The molecule has 0 aliphatic heterocycles. The van der Waals surface area contributed by atoms with E-state index in [-0.39, 0.29) is 10.0 Å². The molecule has 0 spiro atoms. The molecule has 1 N–H and O–H groups in total. The number of halogens is 1. The van der Waals surface area contributed by atoms with Crippen LogP contribution in [0.4, 0.5) is 5.82 Å². The number of anilines is 1. The summed E-state index contributed by atoms with van der Waals surface area (Å²) in [5, 5.41) is 8.70. The molecule has 98 valence electrons. The summed E-state index contributed by atoms with van der Waals surface area (Å²) in [5.74, 6) is 0.243. The summed E-state index contributed by atoms with van der Waals surface area (Å²) < 4.78 is 27.4. The van der Waals surface area contributed by atoms with Gasteiger partial charge in [0.25, 0.3) is 10.0 Å². The van der Waals surface area contributed by atoms with Crippen LogP contribution in [0.1, 0.15) is 10.6 Å². The lowest BCUT2D eigenvalue weighted by molar-refractivity contribution is 0.603. The van der Waals surface area contributed by atoms with Crippen molar-refractivity contribution in [3.8, 4) is 6.07 Å². The molecule has 2 aromatic rings. The molecule has 0 aliphatic rings. The van der Waals surface area contributed by atoms with E-state index in [9.17, 15) is 8.42 Å². The minimum absolute atomic E-state index is 0.0893. The van der Waals surface area contributed by atoms with Crippen molar-refractivity contribution in [3.05, 3.63) is 39.3 Å².